The molecule has 0 aliphatic rings. The molecule has 0 spiro atoms. The number of methoxy groups -OCH3 is 3. The van der Waals surface area contributed by atoms with Crippen molar-refractivity contribution in [3.05, 3.63) is 64.4 Å². The summed E-state index contributed by atoms with van der Waals surface area (Å²) in [5.41, 5.74) is 1.42. The van der Waals surface area contributed by atoms with Crippen LogP contribution < -0.4 is 19.9 Å². The van der Waals surface area contributed by atoms with Gasteiger partial charge in [-0.15, -0.1) is 0 Å². The van der Waals surface area contributed by atoms with Gasteiger partial charge in [-0.25, -0.2) is 0 Å². The first-order chi connectivity index (χ1) is 13.6. The fraction of sp³-hybridized carbons (Fsp3) is 0.238. The predicted molar refractivity (Wildman–Crippen MR) is 107 cm³/mol. The molecule has 0 unspecified atom stereocenters. The Morgan fingerprint density at radius 3 is 2.54 bits per heavy atom. The number of amides is 1. The Morgan fingerprint density at radius 1 is 1.04 bits per heavy atom. The molecule has 0 atom stereocenters. The molecule has 28 heavy (non-hydrogen) atoms. The lowest BCUT2D eigenvalue weighted by Gasteiger charge is -2.24. The van der Waals surface area contributed by atoms with Crippen LogP contribution in [0, 0.1) is 0 Å². The summed E-state index contributed by atoms with van der Waals surface area (Å²) in [6.07, 6.45) is 0. The van der Waals surface area contributed by atoms with Gasteiger partial charge in [0.1, 0.15) is 18.1 Å². The Balaban J connectivity index is 2.04. The number of ether oxygens (including phenoxy) is 3. The van der Waals surface area contributed by atoms with Crippen LogP contribution >= 0.6 is 0 Å². The van der Waals surface area contributed by atoms with E-state index in [0.29, 0.717) is 28.3 Å². The molecule has 0 saturated carbocycles. The minimum absolute atomic E-state index is 0.0832. The maximum absolute atomic E-state index is 12.7. The van der Waals surface area contributed by atoms with Gasteiger partial charge >= 0.3 is 0 Å². The monoisotopic (exact) mass is 382 g/mol. The van der Waals surface area contributed by atoms with Crippen molar-refractivity contribution in [1.29, 1.82) is 0 Å². The van der Waals surface area contributed by atoms with Crippen molar-refractivity contribution in [3.8, 4) is 11.5 Å². The number of carbonyl (C=O) groups is 1. The van der Waals surface area contributed by atoms with Crippen LogP contribution in [0.1, 0.15) is 5.56 Å². The number of aromatic nitrogens is 1. The maximum atomic E-state index is 12.7. The lowest BCUT2D eigenvalue weighted by molar-refractivity contribution is -0.122. The standard InChI is InChI=1S/C21H22N2O5/c1-26-13-20(24)23(18-6-4-5-7-19(18)28-3)12-15-10-14-8-9-16(27-2)11-17(14)22-21(15)25/h4-11H,12-13H2,1-3H3,(H,22,25). The summed E-state index contributed by atoms with van der Waals surface area (Å²) in [5.74, 6) is 0.914. The number of fused-ring (bicyclic) bond motifs is 1. The third-order valence-corrected chi connectivity index (χ3v) is 4.40. The molecule has 7 heteroatoms. The Morgan fingerprint density at radius 2 is 1.82 bits per heavy atom. The first kappa shape index (κ1) is 19.4. The van der Waals surface area contributed by atoms with Crippen molar-refractivity contribution in [2.45, 2.75) is 6.54 Å². The maximum Gasteiger partial charge on any atom is 0.253 e. The zero-order chi connectivity index (χ0) is 20.1. The Hall–Kier alpha value is -3.32. The second-order valence-corrected chi connectivity index (χ2v) is 6.16. The summed E-state index contributed by atoms with van der Waals surface area (Å²) in [5, 5.41) is 0.842. The molecular formula is C21H22N2O5. The molecule has 1 aromatic heterocycles. The number of nitrogens with one attached hydrogen (secondary N) is 1. The summed E-state index contributed by atoms with van der Waals surface area (Å²) < 4.78 is 15.6. The lowest BCUT2D eigenvalue weighted by atomic mass is 10.1. The molecule has 0 aliphatic carbocycles. The number of H-pyrrole nitrogens is 1. The molecule has 3 rings (SSSR count). The number of aromatic amines is 1. The normalized spacial score (nSPS) is 10.7. The van der Waals surface area contributed by atoms with Crippen LogP contribution in [0.25, 0.3) is 10.9 Å². The van der Waals surface area contributed by atoms with E-state index >= 15 is 0 Å². The van der Waals surface area contributed by atoms with Gasteiger partial charge in [-0.3, -0.25) is 9.59 Å². The quantitative estimate of drug-likeness (QED) is 0.680. The fourth-order valence-electron chi connectivity index (χ4n) is 3.00. The first-order valence-corrected chi connectivity index (χ1v) is 8.69. The molecule has 1 N–H and O–H groups in total. The zero-order valence-electron chi connectivity index (χ0n) is 16.0. The second-order valence-electron chi connectivity index (χ2n) is 6.16. The fourth-order valence-corrected chi connectivity index (χ4v) is 3.00. The van der Waals surface area contributed by atoms with E-state index in [1.54, 1.807) is 31.4 Å². The summed E-state index contributed by atoms with van der Waals surface area (Å²) in [6, 6.07) is 14.4. The molecule has 0 bridgehead atoms. The van der Waals surface area contributed by atoms with E-state index in [4.69, 9.17) is 14.2 Å². The van der Waals surface area contributed by atoms with Crippen LogP contribution in [0.2, 0.25) is 0 Å². The van der Waals surface area contributed by atoms with Gasteiger partial charge in [-0.05, 0) is 35.7 Å². The number of pyridine rings is 1. The highest BCUT2D eigenvalue weighted by Gasteiger charge is 2.21. The van der Waals surface area contributed by atoms with Crippen LogP contribution in [0.4, 0.5) is 5.69 Å². The van der Waals surface area contributed by atoms with Crippen molar-refractivity contribution < 1.29 is 19.0 Å². The third kappa shape index (κ3) is 3.99. The number of hydrogen-bond donors (Lipinski definition) is 1. The molecule has 0 fully saturated rings. The van der Waals surface area contributed by atoms with Gasteiger partial charge in [-0.1, -0.05) is 12.1 Å². The van der Waals surface area contributed by atoms with E-state index in [1.807, 2.05) is 24.3 Å². The summed E-state index contributed by atoms with van der Waals surface area (Å²) in [4.78, 5) is 29.7. The smallest absolute Gasteiger partial charge is 0.253 e. The average Bonchev–Trinajstić information content (AvgIpc) is 2.71. The number of benzene rings is 2. The predicted octanol–water partition coefficient (Wildman–Crippen LogP) is 2.72. The van der Waals surface area contributed by atoms with Gasteiger partial charge in [0, 0.05) is 18.7 Å². The van der Waals surface area contributed by atoms with Crippen LogP contribution in [0.3, 0.4) is 0 Å². The van der Waals surface area contributed by atoms with E-state index in [-0.39, 0.29) is 24.6 Å². The largest absolute Gasteiger partial charge is 0.497 e. The Kier molecular flexibility index (Phi) is 5.96. The van der Waals surface area contributed by atoms with Crippen molar-refractivity contribution in [2.75, 3.05) is 32.8 Å². The van der Waals surface area contributed by atoms with Crippen molar-refractivity contribution in [3.63, 3.8) is 0 Å². The molecule has 2 aromatic carbocycles. The highest BCUT2D eigenvalue weighted by atomic mass is 16.5. The number of anilines is 1. The van der Waals surface area contributed by atoms with Crippen molar-refractivity contribution in [2.24, 2.45) is 0 Å². The molecule has 1 heterocycles. The number of carbonyl (C=O) groups excluding carboxylic acids is 1. The highest BCUT2D eigenvalue weighted by Crippen LogP contribution is 2.29. The van der Waals surface area contributed by atoms with E-state index in [0.717, 1.165) is 5.39 Å². The summed E-state index contributed by atoms with van der Waals surface area (Å²) in [7, 11) is 4.56. The molecule has 146 valence electrons. The zero-order valence-corrected chi connectivity index (χ0v) is 16.0. The topological polar surface area (TPSA) is 80.9 Å². The van der Waals surface area contributed by atoms with E-state index in [9.17, 15) is 9.59 Å². The van der Waals surface area contributed by atoms with Gasteiger partial charge in [0.15, 0.2) is 0 Å². The highest BCUT2D eigenvalue weighted by molar-refractivity contribution is 5.95. The average molecular weight is 382 g/mol. The van der Waals surface area contributed by atoms with E-state index in [1.165, 1.54) is 19.1 Å². The third-order valence-electron chi connectivity index (χ3n) is 4.40. The van der Waals surface area contributed by atoms with Gasteiger partial charge in [-0.2, -0.15) is 0 Å². The molecule has 7 nitrogen and oxygen atoms in total. The Labute approximate surface area is 162 Å². The molecular weight excluding hydrogens is 360 g/mol. The first-order valence-electron chi connectivity index (χ1n) is 8.69. The minimum atomic E-state index is -0.277. The summed E-state index contributed by atoms with van der Waals surface area (Å²) in [6.45, 7) is -0.0272. The number of rotatable bonds is 7. The minimum Gasteiger partial charge on any atom is -0.497 e. The van der Waals surface area contributed by atoms with Gasteiger partial charge in [0.25, 0.3) is 11.5 Å². The molecule has 1 amide bonds. The van der Waals surface area contributed by atoms with Gasteiger partial charge in [0.2, 0.25) is 0 Å². The molecule has 0 saturated heterocycles. The lowest BCUT2D eigenvalue weighted by Crippen LogP contribution is -2.35. The van der Waals surface area contributed by atoms with Crippen molar-refractivity contribution in [1.82, 2.24) is 4.98 Å². The van der Waals surface area contributed by atoms with Crippen LogP contribution in [-0.2, 0) is 16.1 Å². The van der Waals surface area contributed by atoms with Gasteiger partial charge in [0.05, 0.1) is 32.0 Å². The molecule has 3 aromatic rings. The van der Waals surface area contributed by atoms with Crippen LogP contribution in [-0.4, -0.2) is 38.8 Å². The number of para-hydroxylation sites is 2. The SMILES string of the molecule is COCC(=O)N(Cc1cc2ccc(OC)cc2[nH]c1=O)c1ccccc1OC. The van der Waals surface area contributed by atoms with E-state index in [2.05, 4.69) is 4.98 Å². The number of hydrogen-bond acceptors (Lipinski definition) is 5. The second kappa shape index (κ2) is 8.58. The van der Waals surface area contributed by atoms with Crippen LogP contribution in [0.5, 0.6) is 11.5 Å². The van der Waals surface area contributed by atoms with Crippen LogP contribution in [0.15, 0.2) is 53.3 Å². The summed E-state index contributed by atoms with van der Waals surface area (Å²) >= 11 is 0. The van der Waals surface area contributed by atoms with Crippen molar-refractivity contribution >= 4 is 22.5 Å². The Bertz CT molecular complexity index is 1040. The molecule has 0 aliphatic heterocycles. The molecule has 0 radical (unpaired) electrons. The number of nitrogens with zero attached hydrogens (tertiary/aromatic N) is 1. The van der Waals surface area contributed by atoms with E-state index < -0.39 is 0 Å². The van der Waals surface area contributed by atoms with Gasteiger partial charge < -0.3 is 24.1 Å².